The molecule has 1 N–H and O–H groups in total. The Kier molecular flexibility index (Phi) is 3.99. The Morgan fingerprint density at radius 2 is 2.28 bits per heavy atom. The van der Waals surface area contributed by atoms with Crippen molar-refractivity contribution in [3.8, 4) is 5.75 Å². The van der Waals surface area contributed by atoms with Crippen LogP contribution in [0.1, 0.15) is 24.4 Å². The van der Waals surface area contributed by atoms with Gasteiger partial charge in [-0.3, -0.25) is 0 Å². The van der Waals surface area contributed by atoms with Crippen molar-refractivity contribution in [2.75, 3.05) is 6.61 Å². The monoisotopic (exact) mass is 246 g/mol. The summed E-state index contributed by atoms with van der Waals surface area (Å²) in [6, 6.07) is 7.53. The van der Waals surface area contributed by atoms with Gasteiger partial charge in [0.15, 0.2) is 0 Å². The van der Waals surface area contributed by atoms with Crippen molar-refractivity contribution in [1.82, 2.24) is 9.55 Å². The van der Waals surface area contributed by atoms with Crippen molar-refractivity contribution in [1.29, 1.82) is 0 Å². The van der Waals surface area contributed by atoms with Crippen LogP contribution < -0.4 is 4.74 Å². The summed E-state index contributed by atoms with van der Waals surface area (Å²) in [5.74, 6) is 1.78. The smallest absolute Gasteiger partial charge is 0.119 e. The van der Waals surface area contributed by atoms with Gasteiger partial charge in [0.25, 0.3) is 0 Å². The third-order valence-electron chi connectivity index (χ3n) is 2.86. The second-order valence-electron chi connectivity index (χ2n) is 4.30. The van der Waals surface area contributed by atoms with Crippen LogP contribution in [0.3, 0.4) is 0 Å². The number of hydrogen-bond acceptors (Lipinski definition) is 3. The summed E-state index contributed by atoms with van der Waals surface area (Å²) < 4.78 is 7.64. The molecule has 0 unspecified atom stereocenters. The van der Waals surface area contributed by atoms with E-state index >= 15 is 0 Å². The highest BCUT2D eigenvalue weighted by Gasteiger charge is 2.03. The second-order valence-corrected chi connectivity index (χ2v) is 4.30. The number of rotatable bonds is 5. The predicted octanol–water partition coefficient (Wildman–Crippen LogP) is 2.09. The fourth-order valence-electron chi connectivity index (χ4n) is 1.76. The van der Waals surface area contributed by atoms with E-state index in [-0.39, 0.29) is 0 Å². The van der Waals surface area contributed by atoms with E-state index in [2.05, 4.69) is 4.98 Å². The minimum Gasteiger partial charge on any atom is -0.493 e. The molecule has 1 heterocycles. The minimum atomic E-state index is -0.469. The molecular formula is C14H18N2O2. The van der Waals surface area contributed by atoms with Crippen molar-refractivity contribution in [2.24, 2.45) is 7.05 Å². The van der Waals surface area contributed by atoms with E-state index in [0.29, 0.717) is 6.61 Å². The number of aliphatic hydroxyl groups excluding tert-OH is 1. The Morgan fingerprint density at radius 3 is 2.94 bits per heavy atom. The van der Waals surface area contributed by atoms with Crippen LogP contribution in [0.2, 0.25) is 0 Å². The van der Waals surface area contributed by atoms with Crippen molar-refractivity contribution >= 4 is 0 Å². The quantitative estimate of drug-likeness (QED) is 0.878. The van der Waals surface area contributed by atoms with E-state index in [9.17, 15) is 5.11 Å². The number of aryl methyl sites for hydroxylation is 1. The number of hydrogen-bond donors (Lipinski definition) is 1. The zero-order valence-corrected chi connectivity index (χ0v) is 10.7. The van der Waals surface area contributed by atoms with E-state index in [0.717, 1.165) is 23.6 Å². The van der Waals surface area contributed by atoms with Crippen molar-refractivity contribution in [3.05, 3.63) is 48.0 Å². The minimum absolute atomic E-state index is 0.469. The fraction of sp³-hybridized carbons (Fsp3) is 0.357. The molecule has 0 fully saturated rings. The maximum Gasteiger partial charge on any atom is 0.119 e. The molecule has 2 aromatic rings. The van der Waals surface area contributed by atoms with Crippen molar-refractivity contribution < 1.29 is 9.84 Å². The maximum atomic E-state index is 9.49. The van der Waals surface area contributed by atoms with E-state index in [1.807, 2.05) is 42.1 Å². The van der Waals surface area contributed by atoms with Gasteiger partial charge in [-0.2, -0.15) is 0 Å². The molecule has 1 atom stereocenters. The third kappa shape index (κ3) is 3.11. The standard InChI is InChI=1S/C14H18N2O2/c1-11(17)12-4-3-5-13(10-12)18-9-6-14-15-7-8-16(14)2/h3-5,7-8,10-11,17H,6,9H2,1-2H3/t11-/m0/s1. The van der Waals surface area contributed by atoms with Crippen molar-refractivity contribution in [2.45, 2.75) is 19.4 Å². The van der Waals surface area contributed by atoms with Gasteiger partial charge in [0.05, 0.1) is 12.7 Å². The van der Waals surface area contributed by atoms with Crippen LogP contribution in [-0.2, 0) is 13.5 Å². The van der Waals surface area contributed by atoms with E-state index in [1.165, 1.54) is 0 Å². The molecule has 4 nitrogen and oxygen atoms in total. The third-order valence-corrected chi connectivity index (χ3v) is 2.86. The van der Waals surface area contributed by atoms with Gasteiger partial charge in [0, 0.05) is 25.9 Å². The zero-order valence-electron chi connectivity index (χ0n) is 10.7. The van der Waals surface area contributed by atoms with Gasteiger partial charge < -0.3 is 14.4 Å². The summed E-state index contributed by atoms with van der Waals surface area (Å²) >= 11 is 0. The van der Waals surface area contributed by atoms with E-state index in [4.69, 9.17) is 4.74 Å². The summed E-state index contributed by atoms with van der Waals surface area (Å²) in [5, 5.41) is 9.49. The van der Waals surface area contributed by atoms with Crippen LogP contribution in [-0.4, -0.2) is 21.3 Å². The first-order valence-corrected chi connectivity index (χ1v) is 6.04. The first kappa shape index (κ1) is 12.6. The molecule has 0 saturated heterocycles. The molecule has 2 rings (SSSR count). The molecule has 0 bridgehead atoms. The Balaban J connectivity index is 1.90. The Bertz CT molecular complexity index is 506. The number of imidazole rings is 1. The molecule has 96 valence electrons. The van der Waals surface area contributed by atoms with E-state index < -0.39 is 6.10 Å². The second kappa shape index (κ2) is 5.69. The highest BCUT2D eigenvalue weighted by molar-refractivity contribution is 5.29. The maximum absolute atomic E-state index is 9.49. The highest BCUT2D eigenvalue weighted by Crippen LogP contribution is 2.18. The topological polar surface area (TPSA) is 47.3 Å². The lowest BCUT2D eigenvalue weighted by Gasteiger charge is -2.09. The molecule has 0 amide bonds. The summed E-state index contributed by atoms with van der Waals surface area (Å²) in [5.41, 5.74) is 0.865. The van der Waals surface area contributed by atoms with Gasteiger partial charge in [-0.1, -0.05) is 12.1 Å². The van der Waals surface area contributed by atoms with Gasteiger partial charge in [0.2, 0.25) is 0 Å². The Morgan fingerprint density at radius 1 is 1.44 bits per heavy atom. The van der Waals surface area contributed by atoms with E-state index in [1.54, 1.807) is 13.1 Å². The average Bonchev–Trinajstić information content (AvgIpc) is 2.76. The first-order chi connectivity index (χ1) is 8.66. The molecule has 1 aromatic heterocycles. The van der Waals surface area contributed by atoms with Gasteiger partial charge in [-0.15, -0.1) is 0 Å². The van der Waals surface area contributed by atoms with Crippen molar-refractivity contribution in [3.63, 3.8) is 0 Å². The van der Waals surface area contributed by atoms with Gasteiger partial charge in [-0.25, -0.2) is 4.98 Å². The zero-order chi connectivity index (χ0) is 13.0. The largest absolute Gasteiger partial charge is 0.493 e. The normalized spacial score (nSPS) is 12.4. The fourth-order valence-corrected chi connectivity index (χ4v) is 1.76. The highest BCUT2D eigenvalue weighted by atomic mass is 16.5. The first-order valence-electron chi connectivity index (χ1n) is 6.04. The Hall–Kier alpha value is -1.81. The molecule has 1 aromatic carbocycles. The molecule has 0 aliphatic carbocycles. The van der Waals surface area contributed by atoms with Crippen LogP contribution in [0.4, 0.5) is 0 Å². The van der Waals surface area contributed by atoms with Crippen LogP contribution in [0.25, 0.3) is 0 Å². The van der Waals surface area contributed by atoms with Gasteiger partial charge in [-0.05, 0) is 24.6 Å². The number of nitrogens with zero attached hydrogens (tertiary/aromatic N) is 2. The number of ether oxygens (including phenoxy) is 1. The number of aliphatic hydroxyl groups is 1. The SMILES string of the molecule is C[C@H](O)c1cccc(OCCc2nccn2C)c1. The molecule has 0 saturated carbocycles. The molecule has 0 spiro atoms. The number of aromatic nitrogens is 2. The molecule has 0 radical (unpaired) electrons. The lowest BCUT2D eigenvalue weighted by atomic mass is 10.1. The summed E-state index contributed by atoms with van der Waals surface area (Å²) in [6.07, 6.45) is 4.00. The summed E-state index contributed by atoms with van der Waals surface area (Å²) in [7, 11) is 1.97. The lowest BCUT2D eigenvalue weighted by molar-refractivity contribution is 0.198. The van der Waals surface area contributed by atoms with Crippen LogP contribution in [0.15, 0.2) is 36.7 Å². The molecule has 18 heavy (non-hydrogen) atoms. The Labute approximate surface area is 107 Å². The van der Waals surface area contributed by atoms with Crippen LogP contribution in [0, 0.1) is 0 Å². The van der Waals surface area contributed by atoms with Crippen LogP contribution >= 0.6 is 0 Å². The van der Waals surface area contributed by atoms with Gasteiger partial charge >= 0.3 is 0 Å². The molecule has 0 aliphatic heterocycles. The van der Waals surface area contributed by atoms with Crippen LogP contribution in [0.5, 0.6) is 5.75 Å². The molecule has 0 aliphatic rings. The average molecular weight is 246 g/mol. The molecule has 4 heteroatoms. The predicted molar refractivity (Wildman–Crippen MR) is 69.5 cm³/mol. The molecular weight excluding hydrogens is 228 g/mol. The van der Waals surface area contributed by atoms with Gasteiger partial charge in [0.1, 0.15) is 11.6 Å². The summed E-state index contributed by atoms with van der Waals surface area (Å²) in [4.78, 5) is 4.24. The summed E-state index contributed by atoms with van der Waals surface area (Å²) in [6.45, 7) is 2.32. The number of benzene rings is 1. The lowest BCUT2D eigenvalue weighted by Crippen LogP contribution is -2.06.